The fourth-order valence-electron chi connectivity index (χ4n) is 3.67. The van der Waals surface area contributed by atoms with Gasteiger partial charge in [0.15, 0.2) is 0 Å². The summed E-state index contributed by atoms with van der Waals surface area (Å²) in [5.74, 6) is 2.22. The van der Waals surface area contributed by atoms with E-state index in [1.54, 1.807) is 7.11 Å². The molecular weight excluding hydrogens is 280 g/mol. The van der Waals surface area contributed by atoms with E-state index in [4.69, 9.17) is 11.2 Å². The standard InChI is InChI=1S/C17H18N2O3/c1-5-12-13-14(17(21)19(3)16(13)20)15(18(12)2)10-6-8-11(22-4)9-7-10/h1,6-9,12-15H,2-4H3/t12-,13-,14-,15-/m0/s1. The number of hydrogen-bond acceptors (Lipinski definition) is 4. The predicted octanol–water partition coefficient (Wildman–Crippen LogP) is 0.914. The van der Waals surface area contributed by atoms with Crippen LogP contribution in [0.1, 0.15) is 11.6 Å². The number of carbonyl (C=O) groups excluding carboxylic acids is 2. The highest BCUT2D eigenvalue weighted by molar-refractivity contribution is 6.06. The number of hydrogen-bond donors (Lipinski definition) is 0. The van der Waals surface area contributed by atoms with Gasteiger partial charge in [-0.05, 0) is 24.7 Å². The SMILES string of the molecule is C#C[C@H]1[C@@H]2C(=O)N(C)C(=O)[C@@H]2[C@H](c2ccc(OC)cc2)N1C. The van der Waals surface area contributed by atoms with E-state index in [-0.39, 0.29) is 23.9 Å². The fraction of sp³-hybridized carbons (Fsp3) is 0.412. The second-order valence-corrected chi connectivity index (χ2v) is 5.78. The Morgan fingerprint density at radius 2 is 1.68 bits per heavy atom. The fourth-order valence-corrected chi connectivity index (χ4v) is 3.67. The number of nitrogens with zero attached hydrogens (tertiary/aromatic N) is 2. The van der Waals surface area contributed by atoms with Crippen LogP contribution in [0.2, 0.25) is 0 Å². The van der Waals surface area contributed by atoms with E-state index < -0.39 is 11.8 Å². The van der Waals surface area contributed by atoms with Crippen LogP contribution in [-0.4, -0.2) is 48.9 Å². The molecule has 5 heteroatoms. The van der Waals surface area contributed by atoms with E-state index >= 15 is 0 Å². The van der Waals surface area contributed by atoms with Crippen molar-refractivity contribution in [1.82, 2.24) is 9.80 Å². The average molecular weight is 298 g/mol. The molecule has 114 valence electrons. The van der Waals surface area contributed by atoms with Crippen molar-refractivity contribution in [2.75, 3.05) is 21.2 Å². The molecule has 0 unspecified atom stereocenters. The van der Waals surface area contributed by atoms with Crippen LogP contribution < -0.4 is 4.74 Å². The van der Waals surface area contributed by atoms with Crippen LogP contribution in [0, 0.1) is 24.2 Å². The number of fused-ring (bicyclic) bond motifs is 1. The molecule has 0 aliphatic carbocycles. The van der Waals surface area contributed by atoms with Crippen LogP contribution in [0.5, 0.6) is 5.75 Å². The van der Waals surface area contributed by atoms with Gasteiger partial charge in [0.1, 0.15) is 5.75 Å². The summed E-state index contributed by atoms with van der Waals surface area (Å²) in [5, 5.41) is 0. The first kappa shape index (κ1) is 14.6. The van der Waals surface area contributed by atoms with Crippen molar-refractivity contribution >= 4 is 11.8 Å². The van der Waals surface area contributed by atoms with Gasteiger partial charge >= 0.3 is 0 Å². The highest BCUT2D eigenvalue weighted by Crippen LogP contribution is 2.48. The van der Waals surface area contributed by atoms with Gasteiger partial charge in [-0.1, -0.05) is 18.1 Å². The van der Waals surface area contributed by atoms with Gasteiger partial charge in [-0.15, -0.1) is 6.42 Å². The molecular formula is C17H18N2O3. The Morgan fingerprint density at radius 1 is 1.09 bits per heavy atom. The third-order valence-corrected chi connectivity index (χ3v) is 4.80. The lowest BCUT2D eigenvalue weighted by Gasteiger charge is -2.27. The second kappa shape index (κ2) is 5.15. The summed E-state index contributed by atoms with van der Waals surface area (Å²) in [7, 11) is 5.01. The maximum atomic E-state index is 12.5. The summed E-state index contributed by atoms with van der Waals surface area (Å²) in [6.45, 7) is 0. The average Bonchev–Trinajstić information content (AvgIpc) is 2.95. The van der Waals surface area contributed by atoms with Crippen molar-refractivity contribution < 1.29 is 14.3 Å². The van der Waals surface area contributed by atoms with Crippen molar-refractivity contribution in [3.05, 3.63) is 29.8 Å². The van der Waals surface area contributed by atoms with Gasteiger partial charge < -0.3 is 4.74 Å². The summed E-state index contributed by atoms with van der Waals surface area (Å²) in [5.41, 5.74) is 0.965. The molecule has 1 aromatic carbocycles. The summed E-state index contributed by atoms with van der Waals surface area (Å²) >= 11 is 0. The molecule has 2 saturated heterocycles. The van der Waals surface area contributed by atoms with E-state index in [1.165, 1.54) is 11.9 Å². The lowest BCUT2D eigenvalue weighted by molar-refractivity contribution is -0.139. The van der Waals surface area contributed by atoms with E-state index in [9.17, 15) is 9.59 Å². The second-order valence-electron chi connectivity index (χ2n) is 5.78. The molecule has 2 heterocycles. The minimum atomic E-state index is -0.459. The highest BCUT2D eigenvalue weighted by atomic mass is 16.5. The number of ether oxygens (including phenoxy) is 1. The largest absolute Gasteiger partial charge is 0.497 e. The van der Waals surface area contributed by atoms with Crippen LogP contribution >= 0.6 is 0 Å². The smallest absolute Gasteiger partial charge is 0.235 e. The van der Waals surface area contributed by atoms with Gasteiger partial charge in [-0.2, -0.15) is 0 Å². The van der Waals surface area contributed by atoms with Crippen molar-refractivity contribution in [3.8, 4) is 18.1 Å². The molecule has 5 nitrogen and oxygen atoms in total. The monoisotopic (exact) mass is 298 g/mol. The van der Waals surface area contributed by atoms with E-state index in [2.05, 4.69) is 5.92 Å². The minimum absolute atomic E-state index is 0.152. The molecule has 2 fully saturated rings. The molecule has 0 aromatic heterocycles. The number of imide groups is 1. The molecule has 0 spiro atoms. The van der Waals surface area contributed by atoms with Gasteiger partial charge in [-0.25, -0.2) is 0 Å². The van der Waals surface area contributed by atoms with Crippen molar-refractivity contribution in [2.24, 2.45) is 11.8 Å². The van der Waals surface area contributed by atoms with Gasteiger partial charge in [0.2, 0.25) is 11.8 Å². The number of methoxy groups -OCH3 is 1. The van der Waals surface area contributed by atoms with Gasteiger partial charge in [0.05, 0.1) is 25.0 Å². The first-order valence-electron chi connectivity index (χ1n) is 7.14. The Kier molecular flexibility index (Phi) is 3.42. The van der Waals surface area contributed by atoms with Crippen LogP contribution in [0.4, 0.5) is 0 Å². The van der Waals surface area contributed by atoms with Gasteiger partial charge in [0, 0.05) is 13.1 Å². The molecule has 4 atom stereocenters. The molecule has 0 N–H and O–H groups in total. The summed E-state index contributed by atoms with van der Waals surface area (Å²) < 4.78 is 5.17. The Labute approximate surface area is 129 Å². The van der Waals surface area contributed by atoms with E-state index in [1.807, 2.05) is 36.2 Å². The van der Waals surface area contributed by atoms with Crippen LogP contribution in [0.25, 0.3) is 0 Å². The number of rotatable bonds is 2. The maximum absolute atomic E-state index is 12.5. The molecule has 2 amide bonds. The van der Waals surface area contributed by atoms with Crippen molar-refractivity contribution in [2.45, 2.75) is 12.1 Å². The van der Waals surface area contributed by atoms with Gasteiger partial charge in [-0.3, -0.25) is 19.4 Å². The zero-order valence-electron chi connectivity index (χ0n) is 12.8. The Balaban J connectivity index is 2.04. The molecule has 1 aromatic rings. The number of likely N-dealkylation sites (tertiary alicyclic amines) is 2. The third kappa shape index (κ3) is 1.84. The van der Waals surface area contributed by atoms with E-state index in [0.29, 0.717) is 0 Å². The third-order valence-electron chi connectivity index (χ3n) is 4.80. The maximum Gasteiger partial charge on any atom is 0.235 e. The normalized spacial score (nSPS) is 31.3. The summed E-state index contributed by atoms with van der Waals surface area (Å²) in [6, 6.07) is 6.99. The molecule has 0 bridgehead atoms. The lowest BCUT2D eigenvalue weighted by Crippen LogP contribution is -2.37. The highest BCUT2D eigenvalue weighted by Gasteiger charge is 2.60. The molecule has 2 aliphatic rings. The first-order valence-corrected chi connectivity index (χ1v) is 7.14. The molecule has 22 heavy (non-hydrogen) atoms. The number of carbonyl (C=O) groups is 2. The lowest BCUT2D eigenvalue weighted by atomic mass is 9.86. The first-order chi connectivity index (χ1) is 10.5. The zero-order valence-corrected chi connectivity index (χ0v) is 12.8. The van der Waals surface area contributed by atoms with Crippen LogP contribution in [0.15, 0.2) is 24.3 Å². The minimum Gasteiger partial charge on any atom is -0.497 e. The van der Waals surface area contributed by atoms with Crippen molar-refractivity contribution in [1.29, 1.82) is 0 Å². The molecule has 0 saturated carbocycles. The Hall–Kier alpha value is -2.32. The Bertz CT molecular complexity index is 661. The zero-order chi connectivity index (χ0) is 16.0. The number of benzene rings is 1. The topological polar surface area (TPSA) is 49.9 Å². The van der Waals surface area contributed by atoms with Crippen LogP contribution in [-0.2, 0) is 9.59 Å². The number of terminal acetylenes is 1. The van der Waals surface area contributed by atoms with Gasteiger partial charge in [0.25, 0.3) is 0 Å². The molecule has 0 radical (unpaired) electrons. The summed E-state index contributed by atoms with van der Waals surface area (Å²) in [6.07, 6.45) is 5.63. The van der Waals surface area contributed by atoms with E-state index in [0.717, 1.165) is 11.3 Å². The Morgan fingerprint density at radius 3 is 2.23 bits per heavy atom. The van der Waals surface area contributed by atoms with Crippen LogP contribution in [0.3, 0.4) is 0 Å². The summed E-state index contributed by atoms with van der Waals surface area (Å²) in [4.78, 5) is 28.0. The number of amides is 2. The van der Waals surface area contributed by atoms with Crippen molar-refractivity contribution in [3.63, 3.8) is 0 Å². The quantitative estimate of drug-likeness (QED) is 0.602. The molecule has 2 aliphatic heterocycles. The predicted molar refractivity (Wildman–Crippen MR) is 80.9 cm³/mol. The molecule has 3 rings (SSSR count).